The normalized spacial score (nSPS) is 22.7. The van der Waals surface area contributed by atoms with E-state index in [9.17, 15) is 12.8 Å². The molecule has 0 amide bonds. The number of nitrogens with zero attached hydrogens (tertiary/aromatic N) is 3. The van der Waals surface area contributed by atoms with Gasteiger partial charge in [0.15, 0.2) is 0 Å². The number of hydrogen-bond acceptors (Lipinski definition) is 4. The van der Waals surface area contributed by atoms with E-state index in [-0.39, 0.29) is 22.7 Å². The molecule has 8 heteroatoms. The Bertz CT molecular complexity index is 850. The molecular weight excluding hydrogens is 331 g/mol. The number of piperidine rings is 1. The molecule has 2 aromatic rings. The summed E-state index contributed by atoms with van der Waals surface area (Å²) in [6, 6.07) is 3.73. The van der Waals surface area contributed by atoms with Gasteiger partial charge in [-0.2, -0.15) is 9.40 Å². The minimum absolute atomic E-state index is 0.00798. The van der Waals surface area contributed by atoms with Crippen LogP contribution in [-0.2, 0) is 10.0 Å². The molecular formula is C16H21FN4O2S. The molecule has 0 aliphatic carbocycles. The molecule has 24 heavy (non-hydrogen) atoms. The van der Waals surface area contributed by atoms with Crippen molar-refractivity contribution < 1.29 is 12.8 Å². The molecule has 1 aliphatic heterocycles. The molecule has 1 fully saturated rings. The number of benzene rings is 1. The Kier molecular flexibility index (Phi) is 4.46. The molecule has 2 N–H and O–H groups in total. The molecule has 0 spiro atoms. The number of sulfonamides is 1. The van der Waals surface area contributed by atoms with E-state index in [4.69, 9.17) is 5.73 Å². The third-order valence-corrected chi connectivity index (χ3v) is 6.35. The lowest BCUT2D eigenvalue weighted by atomic mass is 10.0. The number of nitrogens with two attached hydrogens (primary N) is 1. The average Bonchev–Trinajstić information content (AvgIpc) is 2.93. The van der Waals surface area contributed by atoms with Crippen molar-refractivity contribution in [3.05, 3.63) is 42.0 Å². The monoisotopic (exact) mass is 352 g/mol. The molecule has 1 aromatic carbocycles. The summed E-state index contributed by atoms with van der Waals surface area (Å²) >= 11 is 0. The van der Waals surface area contributed by atoms with Crippen LogP contribution in [-0.4, -0.2) is 41.1 Å². The van der Waals surface area contributed by atoms with Crippen LogP contribution in [0, 0.1) is 12.7 Å². The molecule has 2 atom stereocenters. The van der Waals surface area contributed by atoms with E-state index < -0.39 is 15.8 Å². The molecule has 130 valence electrons. The van der Waals surface area contributed by atoms with Crippen LogP contribution in [0.15, 0.2) is 35.5 Å². The van der Waals surface area contributed by atoms with Gasteiger partial charge in [0.2, 0.25) is 10.0 Å². The molecule has 1 saturated heterocycles. The van der Waals surface area contributed by atoms with E-state index in [0.717, 1.165) is 11.6 Å². The summed E-state index contributed by atoms with van der Waals surface area (Å²) in [7, 11) is -3.74. The van der Waals surface area contributed by atoms with Gasteiger partial charge in [-0.05, 0) is 50.5 Å². The zero-order valence-corrected chi connectivity index (χ0v) is 14.5. The van der Waals surface area contributed by atoms with Crippen molar-refractivity contribution in [2.75, 3.05) is 6.54 Å². The fraction of sp³-hybridized carbons (Fsp3) is 0.438. The summed E-state index contributed by atoms with van der Waals surface area (Å²) in [5, 5.41) is 4.05. The quantitative estimate of drug-likeness (QED) is 0.914. The van der Waals surface area contributed by atoms with E-state index in [0.29, 0.717) is 19.4 Å². The van der Waals surface area contributed by atoms with Crippen LogP contribution in [0.5, 0.6) is 0 Å². The van der Waals surface area contributed by atoms with Crippen LogP contribution in [0.25, 0.3) is 5.69 Å². The first-order chi connectivity index (χ1) is 11.3. The maximum Gasteiger partial charge on any atom is 0.243 e. The van der Waals surface area contributed by atoms with E-state index >= 15 is 0 Å². The Morgan fingerprint density at radius 3 is 2.71 bits per heavy atom. The van der Waals surface area contributed by atoms with Crippen molar-refractivity contribution in [2.24, 2.45) is 5.73 Å². The molecule has 3 rings (SSSR count). The SMILES string of the molecule is Cc1cnn(-c2ccc(S(=O)(=O)N3CC[C@@H](N)C[C@@H]3C)cc2F)c1. The Balaban J connectivity index is 1.93. The minimum atomic E-state index is -3.74. The molecule has 0 radical (unpaired) electrons. The highest BCUT2D eigenvalue weighted by Gasteiger charge is 2.33. The predicted octanol–water partition coefficient (Wildman–Crippen LogP) is 1.82. The van der Waals surface area contributed by atoms with Crippen LogP contribution in [0.1, 0.15) is 25.3 Å². The number of aryl methyl sites for hydroxylation is 1. The summed E-state index contributed by atoms with van der Waals surface area (Å²) in [5.41, 5.74) is 7.00. The van der Waals surface area contributed by atoms with Crippen molar-refractivity contribution in [2.45, 2.75) is 43.7 Å². The lowest BCUT2D eigenvalue weighted by Crippen LogP contribution is -2.48. The standard InChI is InChI=1S/C16H21FN4O2S/c1-11-9-19-20(10-11)16-4-3-14(8-15(16)17)24(22,23)21-6-5-13(18)7-12(21)2/h3-4,8-10,12-13H,5-7,18H2,1-2H3/t12-,13+/m0/s1. The number of halogens is 1. The van der Waals surface area contributed by atoms with Crippen molar-refractivity contribution >= 4 is 10.0 Å². The molecule has 2 heterocycles. The topological polar surface area (TPSA) is 81.2 Å². The van der Waals surface area contributed by atoms with Gasteiger partial charge in [0.25, 0.3) is 0 Å². The van der Waals surface area contributed by atoms with Crippen LogP contribution in [0.2, 0.25) is 0 Å². The van der Waals surface area contributed by atoms with E-state index in [1.54, 1.807) is 12.4 Å². The van der Waals surface area contributed by atoms with Gasteiger partial charge in [-0.3, -0.25) is 0 Å². The van der Waals surface area contributed by atoms with E-state index in [1.807, 2.05) is 13.8 Å². The van der Waals surface area contributed by atoms with Gasteiger partial charge < -0.3 is 5.73 Å². The van der Waals surface area contributed by atoms with Gasteiger partial charge in [-0.1, -0.05) is 0 Å². The Morgan fingerprint density at radius 2 is 2.12 bits per heavy atom. The smallest absolute Gasteiger partial charge is 0.243 e. The van der Waals surface area contributed by atoms with Crippen LogP contribution < -0.4 is 5.73 Å². The largest absolute Gasteiger partial charge is 0.328 e. The molecule has 0 bridgehead atoms. The first kappa shape index (κ1) is 17.1. The maximum absolute atomic E-state index is 14.4. The van der Waals surface area contributed by atoms with Crippen LogP contribution in [0.4, 0.5) is 4.39 Å². The summed E-state index contributed by atoms with van der Waals surface area (Å²) in [4.78, 5) is -0.0463. The Hall–Kier alpha value is -1.77. The second-order valence-corrected chi connectivity index (χ2v) is 8.22. The van der Waals surface area contributed by atoms with Gasteiger partial charge in [0, 0.05) is 24.8 Å². The summed E-state index contributed by atoms with van der Waals surface area (Å²) in [6.07, 6.45) is 4.51. The molecule has 1 aromatic heterocycles. The highest BCUT2D eigenvalue weighted by atomic mass is 32.2. The summed E-state index contributed by atoms with van der Waals surface area (Å²) in [5.74, 6) is -0.625. The van der Waals surface area contributed by atoms with Crippen LogP contribution in [0.3, 0.4) is 0 Å². The predicted molar refractivity (Wildman–Crippen MR) is 88.8 cm³/mol. The lowest BCUT2D eigenvalue weighted by Gasteiger charge is -2.35. The minimum Gasteiger partial charge on any atom is -0.328 e. The van der Waals surface area contributed by atoms with Gasteiger partial charge in [0.05, 0.1) is 11.1 Å². The number of rotatable bonds is 3. The van der Waals surface area contributed by atoms with E-state index in [2.05, 4.69) is 5.10 Å². The van der Waals surface area contributed by atoms with Crippen molar-refractivity contribution in [1.82, 2.24) is 14.1 Å². The van der Waals surface area contributed by atoms with Gasteiger partial charge >= 0.3 is 0 Å². The third kappa shape index (κ3) is 3.09. The first-order valence-corrected chi connectivity index (χ1v) is 9.31. The van der Waals surface area contributed by atoms with Crippen molar-refractivity contribution in [1.29, 1.82) is 0 Å². The third-order valence-electron chi connectivity index (χ3n) is 4.34. The second-order valence-electron chi connectivity index (χ2n) is 6.32. The zero-order chi connectivity index (χ0) is 17.5. The average molecular weight is 352 g/mol. The lowest BCUT2D eigenvalue weighted by molar-refractivity contribution is 0.247. The van der Waals surface area contributed by atoms with Crippen molar-refractivity contribution in [3.63, 3.8) is 0 Å². The van der Waals surface area contributed by atoms with Gasteiger partial charge in [-0.15, -0.1) is 0 Å². The maximum atomic E-state index is 14.4. The second kappa shape index (κ2) is 6.27. The molecule has 1 aliphatic rings. The molecule has 6 nitrogen and oxygen atoms in total. The summed E-state index contributed by atoms with van der Waals surface area (Å²) in [6.45, 7) is 4.03. The van der Waals surface area contributed by atoms with Crippen LogP contribution >= 0.6 is 0 Å². The molecule has 0 saturated carbocycles. The van der Waals surface area contributed by atoms with E-state index in [1.165, 1.54) is 21.1 Å². The zero-order valence-electron chi connectivity index (χ0n) is 13.7. The first-order valence-electron chi connectivity index (χ1n) is 7.87. The highest BCUT2D eigenvalue weighted by molar-refractivity contribution is 7.89. The molecule has 0 unspecified atom stereocenters. The Labute approximate surface area is 141 Å². The Morgan fingerprint density at radius 1 is 1.38 bits per heavy atom. The fourth-order valence-corrected chi connectivity index (χ4v) is 4.73. The number of hydrogen-bond donors (Lipinski definition) is 1. The number of aromatic nitrogens is 2. The fourth-order valence-electron chi connectivity index (χ4n) is 3.06. The highest BCUT2D eigenvalue weighted by Crippen LogP contribution is 2.26. The van der Waals surface area contributed by atoms with Gasteiger partial charge in [0.1, 0.15) is 11.5 Å². The van der Waals surface area contributed by atoms with Crippen molar-refractivity contribution in [3.8, 4) is 5.69 Å². The summed E-state index contributed by atoms with van der Waals surface area (Å²) < 4.78 is 42.8. The van der Waals surface area contributed by atoms with Gasteiger partial charge in [-0.25, -0.2) is 17.5 Å².